The first-order valence-corrected chi connectivity index (χ1v) is 7.44. The van der Waals surface area contributed by atoms with Crippen molar-refractivity contribution in [1.29, 1.82) is 5.26 Å². The first kappa shape index (κ1) is 16.3. The molecule has 0 bridgehead atoms. The number of nitriles is 1. The lowest BCUT2D eigenvalue weighted by Crippen LogP contribution is -2.21. The molecule has 2 N–H and O–H groups in total. The second kappa shape index (κ2) is 7.15. The molecule has 1 heterocycles. The molecule has 0 aliphatic rings. The summed E-state index contributed by atoms with van der Waals surface area (Å²) in [6.45, 7) is 7.11. The smallest absolute Gasteiger partial charge is 0.343 e. The van der Waals surface area contributed by atoms with Gasteiger partial charge in [0.1, 0.15) is 21.5 Å². The maximum absolute atomic E-state index is 12.0. The number of esters is 1. The highest BCUT2D eigenvalue weighted by Crippen LogP contribution is 2.38. The van der Waals surface area contributed by atoms with Crippen molar-refractivity contribution in [2.24, 2.45) is 5.92 Å². The third kappa shape index (κ3) is 3.64. The van der Waals surface area contributed by atoms with Gasteiger partial charge < -0.3 is 15.4 Å². The van der Waals surface area contributed by atoms with Crippen LogP contribution in [0, 0.1) is 17.2 Å². The van der Waals surface area contributed by atoms with E-state index in [1.54, 1.807) is 6.92 Å². The first-order valence-electron chi connectivity index (χ1n) is 6.62. The van der Waals surface area contributed by atoms with Gasteiger partial charge in [0.15, 0.2) is 0 Å². The summed E-state index contributed by atoms with van der Waals surface area (Å²) in [4.78, 5) is 14.4. The molecule has 0 radical (unpaired) electrons. The van der Waals surface area contributed by atoms with Crippen molar-refractivity contribution in [1.82, 2.24) is 0 Å². The van der Waals surface area contributed by atoms with Crippen molar-refractivity contribution >= 4 is 28.0 Å². The predicted molar refractivity (Wildman–Crippen MR) is 82.1 cm³/mol. The second-order valence-electron chi connectivity index (χ2n) is 4.96. The van der Waals surface area contributed by atoms with Crippen molar-refractivity contribution in [2.45, 2.75) is 27.2 Å². The number of anilines is 2. The molecule has 0 aliphatic heterocycles. The van der Waals surface area contributed by atoms with E-state index in [9.17, 15) is 4.79 Å². The molecule has 0 amide bonds. The van der Waals surface area contributed by atoms with Gasteiger partial charge in [-0.25, -0.2) is 4.79 Å². The van der Waals surface area contributed by atoms with Crippen molar-refractivity contribution in [3.8, 4) is 6.07 Å². The number of thiophene rings is 1. The highest BCUT2D eigenvalue weighted by molar-refractivity contribution is 7.17. The summed E-state index contributed by atoms with van der Waals surface area (Å²) in [6.07, 6.45) is 0.998. The van der Waals surface area contributed by atoms with Gasteiger partial charge in [0.25, 0.3) is 0 Å². The van der Waals surface area contributed by atoms with E-state index in [0.29, 0.717) is 21.4 Å². The summed E-state index contributed by atoms with van der Waals surface area (Å²) >= 11 is 1.24. The Bertz CT molecular complexity index is 517. The Morgan fingerprint density at radius 2 is 2.20 bits per heavy atom. The average Bonchev–Trinajstić information content (AvgIpc) is 2.73. The minimum absolute atomic E-state index is 0.224. The van der Waals surface area contributed by atoms with Gasteiger partial charge in [0, 0.05) is 13.6 Å². The summed E-state index contributed by atoms with van der Waals surface area (Å²) in [5.41, 5.74) is 6.44. The van der Waals surface area contributed by atoms with Crippen LogP contribution in [0.15, 0.2) is 0 Å². The van der Waals surface area contributed by atoms with Gasteiger partial charge in [0.05, 0.1) is 12.3 Å². The lowest BCUT2D eigenvalue weighted by molar-refractivity contribution is 0.0529. The second-order valence-corrected chi connectivity index (χ2v) is 5.96. The SMILES string of the molecule is CCOC(=O)c1c(N(C)CCC(C)C)sc(C#N)c1N. The zero-order valence-electron chi connectivity index (χ0n) is 12.4. The van der Waals surface area contributed by atoms with Crippen LogP contribution in [0.3, 0.4) is 0 Å². The van der Waals surface area contributed by atoms with Crippen molar-refractivity contribution in [3.05, 3.63) is 10.4 Å². The van der Waals surface area contributed by atoms with Gasteiger partial charge >= 0.3 is 5.97 Å². The van der Waals surface area contributed by atoms with E-state index in [0.717, 1.165) is 13.0 Å². The van der Waals surface area contributed by atoms with E-state index >= 15 is 0 Å². The fourth-order valence-electron chi connectivity index (χ4n) is 1.74. The van der Waals surface area contributed by atoms with Crippen LogP contribution in [0.1, 0.15) is 42.4 Å². The number of carbonyl (C=O) groups is 1. The summed E-state index contributed by atoms with van der Waals surface area (Å²) in [7, 11) is 1.90. The third-order valence-corrected chi connectivity index (χ3v) is 4.12. The zero-order chi connectivity index (χ0) is 15.3. The maximum atomic E-state index is 12.0. The molecular weight excluding hydrogens is 274 g/mol. The topological polar surface area (TPSA) is 79.3 Å². The minimum Gasteiger partial charge on any atom is -0.462 e. The van der Waals surface area contributed by atoms with Gasteiger partial charge in [-0.05, 0) is 19.3 Å². The van der Waals surface area contributed by atoms with Gasteiger partial charge in [-0.2, -0.15) is 5.26 Å². The van der Waals surface area contributed by atoms with Gasteiger partial charge in [0.2, 0.25) is 0 Å². The summed E-state index contributed by atoms with van der Waals surface area (Å²) in [6, 6.07) is 2.03. The number of hydrogen-bond acceptors (Lipinski definition) is 6. The quantitative estimate of drug-likeness (QED) is 0.816. The van der Waals surface area contributed by atoms with Crippen LogP contribution in [0.2, 0.25) is 0 Å². The average molecular weight is 295 g/mol. The minimum atomic E-state index is -0.464. The van der Waals surface area contributed by atoms with E-state index < -0.39 is 5.97 Å². The van der Waals surface area contributed by atoms with Gasteiger partial charge in [-0.3, -0.25) is 0 Å². The molecule has 0 unspecified atom stereocenters. The highest BCUT2D eigenvalue weighted by atomic mass is 32.1. The van der Waals surface area contributed by atoms with Crippen molar-refractivity contribution < 1.29 is 9.53 Å². The Labute approximate surface area is 123 Å². The lowest BCUT2D eigenvalue weighted by atomic mass is 10.1. The molecule has 0 saturated carbocycles. The van der Waals surface area contributed by atoms with Crippen LogP contribution in [0.4, 0.5) is 10.7 Å². The number of nitrogens with zero attached hydrogens (tertiary/aromatic N) is 2. The first-order chi connectivity index (χ1) is 9.42. The van der Waals surface area contributed by atoms with Crippen LogP contribution in [0.25, 0.3) is 0 Å². The fraction of sp³-hybridized carbons (Fsp3) is 0.571. The summed E-state index contributed by atoms with van der Waals surface area (Å²) in [5.74, 6) is 0.102. The molecule has 0 atom stereocenters. The number of rotatable bonds is 6. The van der Waals surface area contributed by atoms with E-state index in [1.807, 2.05) is 18.0 Å². The van der Waals surface area contributed by atoms with Crippen LogP contribution >= 0.6 is 11.3 Å². The van der Waals surface area contributed by atoms with Crippen molar-refractivity contribution in [2.75, 3.05) is 30.8 Å². The molecule has 0 fully saturated rings. The number of hydrogen-bond donors (Lipinski definition) is 1. The van der Waals surface area contributed by atoms with Gasteiger partial charge in [-0.15, -0.1) is 11.3 Å². The summed E-state index contributed by atoms with van der Waals surface area (Å²) < 4.78 is 5.03. The monoisotopic (exact) mass is 295 g/mol. The normalized spacial score (nSPS) is 10.4. The van der Waals surface area contributed by atoms with Crippen LogP contribution in [0.5, 0.6) is 0 Å². The molecule has 0 saturated heterocycles. The van der Waals surface area contributed by atoms with Crippen LogP contribution in [-0.2, 0) is 4.74 Å². The maximum Gasteiger partial charge on any atom is 0.343 e. The third-order valence-electron chi connectivity index (χ3n) is 2.90. The van der Waals surface area contributed by atoms with E-state index in [-0.39, 0.29) is 12.3 Å². The van der Waals surface area contributed by atoms with E-state index in [4.69, 9.17) is 15.7 Å². The number of carbonyl (C=O) groups excluding carboxylic acids is 1. The molecule has 1 rings (SSSR count). The molecular formula is C14H21N3O2S. The number of ether oxygens (including phenoxy) is 1. The molecule has 6 heteroatoms. The Balaban J connectivity index is 3.11. The van der Waals surface area contributed by atoms with Crippen molar-refractivity contribution in [3.63, 3.8) is 0 Å². The van der Waals surface area contributed by atoms with Crippen LogP contribution < -0.4 is 10.6 Å². The molecule has 0 aliphatic carbocycles. The van der Waals surface area contributed by atoms with Crippen LogP contribution in [-0.4, -0.2) is 26.2 Å². The van der Waals surface area contributed by atoms with E-state index in [1.165, 1.54) is 11.3 Å². The molecule has 5 nitrogen and oxygen atoms in total. The summed E-state index contributed by atoms with van der Waals surface area (Å²) in [5, 5.41) is 9.78. The molecule has 0 aromatic carbocycles. The fourth-order valence-corrected chi connectivity index (χ4v) is 2.73. The molecule has 0 spiro atoms. The Kier molecular flexibility index (Phi) is 5.83. The lowest BCUT2D eigenvalue weighted by Gasteiger charge is -2.19. The van der Waals surface area contributed by atoms with Gasteiger partial charge in [-0.1, -0.05) is 13.8 Å². The molecule has 1 aromatic heterocycles. The molecule has 20 heavy (non-hydrogen) atoms. The Hall–Kier alpha value is -1.74. The standard InChI is InChI=1S/C14H21N3O2S/c1-5-19-14(18)11-12(16)10(8-15)20-13(11)17(4)7-6-9(2)3/h9H,5-7,16H2,1-4H3. The molecule has 1 aromatic rings. The Morgan fingerprint density at radius 1 is 1.55 bits per heavy atom. The predicted octanol–water partition coefficient (Wildman–Crippen LogP) is 2.86. The zero-order valence-corrected chi connectivity index (χ0v) is 13.2. The molecule has 110 valence electrons. The number of nitrogens with two attached hydrogens (primary N) is 1. The Morgan fingerprint density at radius 3 is 2.70 bits per heavy atom. The highest BCUT2D eigenvalue weighted by Gasteiger charge is 2.25. The van der Waals surface area contributed by atoms with E-state index in [2.05, 4.69) is 13.8 Å². The number of nitrogen functional groups attached to an aromatic ring is 1. The largest absolute Gasteiger partial charge is 0.462 e.